The molecule has 1 amide bonds. The zero-order chi connectivity index (χ0) is 39.5. The van der Waals surface area contributed by atoms with Gasteiger partial charge in [0.25, 0.3) is 0 Å². The number of hydrogen-bond donors (Lipinski definition) is 9. The third-order valence-electron chi connectivity index (χ3n) is 10.1. The van der Waals surface area contributed by atoms with Gasteiger partial charge in [-0.05, 0) is 19.3 Å². The average molecular weight is 782 g/mol. The molecule has 0 aromatic heterocycles. The Morgan fingerprint density at radius 2 is 1.08 bits per heavy atom. The van der Waals surface area contributed by atoms with Crippen LogP contribution in [0.1, 0.15) is 168 Å². The Hall–Kier alpha value is -0.960. The Kier molecular flexibility index (Phi) is 28.5. The fourth-order valence-corrected chi connectivity index (χ4v) is 7.62. The summed E-state index contributed by atoms with van der Waals surface area (Å²) in [6.45, 7) is 3.66. The van der Waals surface area contributed by atoms with E-state index >= 15 is 0 Å². The minimum Gasteiger partial charge on any atom is -0.393 e. The first kappa shape index (κ1) is 50.1. The maximum absolute atomic E-state index is 12.9. The number of nitrogens with one attached hydrogen (secondary N) is 1. The van der Waals surface area contributed by atoms with Crippen molar-refractivity contribution in [2.24, 2.45) is 0 Å². The SMILES string of the molecule is CCCCCCCC/C=C/C(O)C(COP(=O)(O)OC1C(O)C(O)C(O)C(O)C1O)NC(=O)CC(O)CCCCCCCCCCCCCCCCC. The molecular formula is C39H76NO12P. The zero-order valence-electron chi connectivity index (χ0n) is 32.7. The number of aliphatic hydroxyl groups is 7. The summed E-state index contributed by atoms with van der Waals surface area (Å²) >= 11 is 0. The van der Waals surface area contributed by atoms with E-state index in [0.717, 1.165) is 57.8 Å². The van der Waals surface area contributed by atoms with E-state index in [4.69, 9.17) is 9.05 Å². The summed E-state index contributed by atoms with van der Waals surface area (Å²) in [5, 5.41) is 74.0. The highest BCUT2D eigenvalue weighted by atomic mass is 31.2. The van der Waals surface area contributed by atoms with Crippen LogP contribution in [0.25, 0.3) is 0 Å². The largest absolute Gasteiger partial charge is 0.472 e. The number of amides is 1. The van der Waals surface area contributed by atoms with Crippen LogP contribution in [0, 0.1) is 0 Å². The maximum Gasteiger partial charge on any atom is 0.472 e. The summed E-state index contributed by atoms with van der Waals surface area (Å²) in [5.74, 6) is -0.595. The van der Waals surface area contributed by atoms with E-state index in [9.17, 15) is 50.0 Å². The van der Waals surface area contributed by atoms with Crippen molar-refractivity contribution in [3.8, 4) is 0 Å². The molecular weight excluding hydrogens is 705 g/mol. The van der Waals surface area contributed by atoms with E-state index < -0.39 is 75.2 Å². The monoisotopic (exact) mass is 782 g/mol. The van der Waals surface area contributed by atoms with Crippen LogP contribution in [0.2, 0.25) is 0 Å². The number of phosphoric acid groups is 1. The Balaban J connectivity index is 2.54. The first-order chi connectivity index (χ1) is 25.3. The van der Waals surface area contributed by atoms with Gasteiger partial charge < -0.3 is 46.0 Å². The number of carbonyl (C=O) groups is 1. The summed E-state index contributed by atoms with van der Waals surface area (Å²) < 4.78 is 22.7. The molecule has 314 valence electrons. The highest BCUT2D eigenvalue weighted by molar-refractivity contribution is 7.47. The average Bonchev–Trinajstić information content (AvgIpc) is 3.12. The summed E-state index contributed by atoms with van der Waals surface area (Å²) in [5.41, 5.74) is 0. The molecule has 0 bridgehead atoms. The van der Waals surface area contributed by atoms with Crippen molar-refractivity contribution < 1.29 is 59.0 Å². The van der Waals surface area contributed by atoms with Crippen LogP contribution in [-0.2, 0) is 18.4 Å². The standard InChI is InChI=1S/C39H76NO12P/c1-3-5-7-9-11-13-14-15-16-17-18-19-20-22-24-26-30(41)28-33(43)40-31(32(42)27-25-23-21-12-10-8-6-4-2)29-51-53(49,50)52-39-37(47)35(45)34(44)36(46)38(39)48/h25,27,30-32,34-39,41-42,44-48H,3-24,26,28-29H2,1-2H3,(H,40,43)(H,49,50)/b27-25+. The van der Waals surface area contributed by atoms with Gasteiger partial charge in [0.15, 0.2) is 0 Å². The maximum atomic E-state index is 12.9. The van der Waals surface area contributed by atoms with E-state index in [1.54, 1.807) is 6.08 Å². The van der Waals surface area contributed by atoms with Crippen molar-refractivity contribution in [1.82, 2.24) is 5.32 Å². The predicted octanol–water partition coefficient (Wildman–Crippen LogP) is 5.47. The van der Waals surface area contributed by atoms with E-state index in [2.05, 4.69) is 19.2 Å². The third-order valence-corrected chi connectivity index (χ3v) is 11.1. The molecule has 0 spiro atoms. The quantitative estimate of drug-likeness (QED) is 0.0230. The molecule has 0 aromatic rings. The van der Waals surface area contributed by atoms with Crippen molar-refractivity contribution in [1.29, 1.82) is 0 Å². The smallest absolute Gasteiger partial charge is 0.393 e. The number of carbonyl (C=O) groups excluding carboxylic acids is 1. The summed E-state index contributed by atoms with van der Waals surface area (Å²) in [4.78, 5) is 23.2. The second kappa shape index (κ2) is 30.2. The van der Waals surface area contributed by atoms with Gasteiger partial charge in [-0.3, -0.25) is 13.8 Å². The number of hydrogen-bond acceptors (Lipinski definition) is 11. The van der Waals surface area contributed by atoms with E-state index in [0.29, 0.717) is 12.8 Å². The highest BCUT2D eigenvalue weighted by Gasteiger charge is 2.51. The van der Waals surface area contributed by atoms with Crippen LogP contribution in [0.5, 0.6) is 0 Å². The molecule has 1 fully saturated rings. The lowest BCUT2D eigenvalue weighted by Gasteiger charge is -2.41. The topological polar surface area (TPSA) is 226 Å². The minimum atomic E-state index is -5.12. The second-order valence-electron chi connectivity index (χ2n) is 15.0. The Bertz CT molecular complexity index is 974. The van der Waals surface area contributed by atoms with Crippen molar-refractivity contribution in [3.05, 3.63) is 12.2 Å². The number of unbranched alkanes of at least 4 members (excludes halogenated alkanes) is 20. The number of aliphatic hydroxyl groups excluding tert-OH is 7. The van der Waals surface area contributed by atoms with Crippen LogP contribution in [-0.4, -0.2) is 108 Å². The van der Waals surface area contributed by atoms with Gasteiger partial charge in [-0.25, -0.2) is 4.57 Å². The predicted molar refractivity (Wildman–Crippen MR) is 206 cm³/mol. The van der Waals surface area contributed by atoms with Gasteiger partial charge in [0.05, 0.1) is 31.3 Å². The Labute approximate surface area is 319 Å². The van der Waals surface area contributed by atoms with Crippen LogP contribution < -0.4 is 5.32 Å². The zero-order valence-corrected chi connectivity index (χ0v) is 33.6. The molecule has 0 heterocycles. The van der Waals surface area contributed by atoms with Gasteiger partial charge >= 0.3 is 7.82 Å². The summed E-state index contributed by atoms with van der Waals surface area (Å²) in [6.07, 6.45) is 14.8. The lowest BCUT2D eigenvalue weighted by Crippen LogP contribution is -2.64. The molecule has 1 aliphatic carbocycles. The Morgan fingerprint density at radius 1 is 0.660 bits per heavy atom. The van der Waals surface area contributed by atoms with Gasteiger partial charge in [-0.1, -0.05) is 154 Å². The molecule has 0 saturated heterocycles. The molecule has 13 nitrogen and oxygen atoms in total. The molecule has 53 heavy (non-hydrogen) atoms. The van der Waals surface area contributed by atoms with E-state index in [1.807, 2.05) is 0 Å². The van der Waals surface area contributed by atoms with Crippen molar-refractivity contribution >= 4 is 13.7 Å². The highest BCUT2D eigenvalue weighted by Crippen LogP contribution is 2.47. The Morgan fingerprint density at radius 3 is 1.55 bits per heavy atom. The molecule has 14 heteroatoms. The number of allylic oxidation sites excluding steroid dienone is 1. The van der Waals surface area contributed by atoms with Crippen molar-refractivity contribution in [2.75, 3.05) is 6.61 Å². The van der Waals surface area contributed by atoms with Gasteiger partial charge in [-0.15, -0.1) is 0 Å². The molecule has 1 aliphatic rings. The summed E-state index contributed by atoms with van der Waals surface area (Å²) in [7, 11) is -5.12. The van der Waals surface area contributed by atoms with Crippen LogP contribution in [0.3, 0.4) is 0 Å². The third kappa shape index (κ3) is 23.0. The first-order valence-electron chi connectivity index (χ1n) is 20.7. The van der Waals surface area contributed by atoms with Crippen LogP contribution >= 0.6 is 7.82 Å². The fourth-order valence-electron chi connectivity index (χ4n) is 6.65. The van der Waals surface area contributed by atoms with E-state index in [-0.39, 0.29) is 6.42 Å². The van der Waals surface area contributed by atoms with E-state index in [1.165, 1.54) is 83.1 Å². The lowest BCUT2D eigenvalue weighted by atomic mass is 9.85. The van der Waals surface area contributed by atoms with Gasteiger partial charge in [0.1, 0.15) is 36.6 Å². The summed E-state index contributed by atoms with van der Waals surface area (Å²) in [6, 6.07) is -1.23. The van der Waals surface area contributed by atoms with Crippen LogP contribution in [0.15, 0.2) is 12.2 Å². The molecule has 0 radical (unpaired) electrons. The lowest BCUT2D eigenvalue weighted by molar-refractivity contribution is -0.220. The van der Waals surface area contributed by atoms with Gasteiger partial charge in [0, 0.05) is 0 Å². The normalized spacial score (nSPS) is 24.9. The molecule has 1 saturated carbocycles. The van der Waals surface area contributed by atoms with Crippen LogP contribution in [0.4, 0.5) is 0 Å². The van der Waals surface area contributed by atoms with Gasteiger partial charge in [0.2, 0.25) is 5.91 Å². The molecule has 0 aliphatic heterocycles. The molecule has 9 N–H and O–H groups in total. The van der Waals surface area contributed by atoms with Crippen molar-refractivity contribution in [3.63, 3.8) is 0 Å². The molecule has 8 unspecified atom stereocenters. The number of rotatable bonds is 33. The fraction of sp³-hybridized carbons (Fsp3) is 0.923. The van der Waals surface area contributed by atoms with Gasteiger partial charge in [-0.2, -0.15) is 0 Å². The molecule has 8 atom stereocenters. The first-order valence-corrected chi connectivity index (χ1v) is 22.2. The number of phosphoric ester groups is 1. The molecule has 1 rings (SSSR count). The second-order valence-corrected chi connectivity index (χ2v) is 16.4. The molecule has 0 aromatic carbocycles. The minimum absolute atomic E-state index is 0.241. The van der Waals surface area contributed by atoms with Crippen molar-refractivity contribution in [2.45, 2.75) is 223 Å².